The molecule has 1 saturated heterocycles. The lowest BCUT2D eigenvalue weighted by molar-refractivity contribution is -0.114. The summed E-state index contributed by atoms with van der Waals surface area (Å²) in [5, 5.41) is 13.4. The summed E-state index contributed by atoms with van der Waals surface area (Å²) >= 11 is 0. The second-order valence-corrected chi connectivity index (χ2v) is 6.81. The minimum Gasteiger partial charge on any atom is -0.388 e. The average Bonchev–Trinajstić information content (AvgIpc) is 3.02. The molecule has 1 heterocycles. The van der Waals surface area contributed by atoms with E-state index < -0.39 is 6.10 Å². The van der Waals surface area contributed by atoms with Gasteiger partial charge in [-0.1, -0.05) is 42.5 Å². The molecule has 0 aromatic heterocycles. The monoisotopic (exact) mass is 338 g/mol. The first kappa shape index (κ1) is 17.6. The highest BCUT2D eigenvalue weighted by Crippen LogP contribution is 2.28. The molecule has 2 unspecified atom stereocenters. The molecule has 1 aliphatic heterocycles. The average molecular weight is 338 g/mol. The van der Waals surface area contributed by atoms with Crippen molar-refractivity contribution in [2.45, 2.75) is 44.9 Å². The van der Waals surface area contributed by atoms with Gasteiger partial charge in [-0.2, -0.15) is 0 Å². The van der Waals surface area contributed by atoms with Gasteiger partial charge in [-0.25, -0.2) is 0 Å². The third-order valence-corrected chi connectivity index (χ3v) is 4.81. The molecule has 0 bridgehead atoms. The van der Waals surface area contributed by atoms with E-state index >= 15 is 0 Å². The molecule has 0 saturated carbocycles. The number of benzene rings is 2. The van der Waals surface area contributed by atoms with Gasteiger partial charge in [-0.05, 0) is 49.1 Å². The van der Waals surface area contributed by atoms with E-state index in [1.165, 1.54) is 12.5 Å². The lowest BCUT2D eigenvalue weighted by Crippen LogP contribution is -2.30. The van der Waals surface area contributed by atoms with E-state index in [0.717, 1.165) is 43.6 Å². The molecule has 25 heavy (non-hydrogen) atoms. The van der Waals surface area contributed by atoms with Gasteiger partial charge in [-0.15, -0.1) is 0 Å². The fraction of sp³-hybridized carbons (Fsp3) is 0.381. The Morgan fingerprint density at radius 2 is 2.04 bits per heavy atom. The molecule has 1 aliphatic rings. The number of hydrogen-bond acceptors (Lipinski definition) is 3. The highest BCUT2D eigenvalue weighted by molar-refractivity contribution is 5.88. The Bertz CT molecular complexity index is 702. The molecule has 4 heteroatoms. The molecular weight excluding hydrogens is 312 g/mol. The first-order valence-electron chi connectivity index (χ1n) is 8.95. The largest absolute Gasteiger partial charge is 0.388 e. The van der Waals surface area contributed by atoms with Crippen molar-refractivity contribution >= 4 is 11.6 Å². The minimum absolute atomic E-state index is 0.0535. The fourth-order valence-corrected chi connectivity index (χ4v) is 3.62. The van der Waals surface area contributed by atoms with Gasteiger partial charge in [0.05, 0.1) is 6.10 Å². The van der Waals surface area contributed by atoms with Crippen molar-refractivity contribution in [1.29, 1.82) is 0 Å². The quantitative estimate of drug-likeness (QED) is 0.844. The predicted molar refractivity (Wildman–Crippen MR) is 100 cm³/mol. The molecule has 2 aromatic rings. The zero-order valence-electron chi connectivity index (χ0n) is 14.7. The Kier molecular flexibility index (Phi) is 5.84. The van der Waals surface area contributed by atoms with Crippen molar-refractivity contribution in [2.75, 3.05) is 11.9 Å². The van der Waals surface area contributed by atoms with E-state index in [1.807, 2.05) is 48.5 Å². The van der Waals surface area contributed by atoms with Crippen LogP contribution in [0.15, 0.2) is 54.6 Å². The minimum atomic E-state index is -0.419. The number of rotatable bonds is 6. The number of carbonyl (C=O) groups is 1. The molecule has 0 radical (unpaired) electrons. The van der Waals surface area contributed by atoms with Crippen molar-refractivity contribution in [3.63, 3.8) is 0 Å². The van der Waals surface area contributed by atoms with Crippen LogP contribution < -0.4 is 5.32 Å². The molecular formula is C21H26N2O2. The van der Waals surface area contributed by atoms with E-state index in [2.05, 4.69) is 16.3 Å². The standard InChI is InChI=1S/C21H26N2O2/c1-16(24)22-19-10-5-7-17(13-19)15-23-12-6-11-20(23)14-21(25)18-8-3-2-4-9-18/h2-5,7-10,13,20-21,25H,6,11-12,14-15H2,1H3,(H,22,24). The summed E-state index contributed by atoms with van der Waals surface area (Å²) in [5.74, 6) is -0.0535. The van der Waals surface area contributed by atoms with E-state index in [9.17, 15) is 9.90 Å². The SMILES string of the molecule is CC(=O)Nc1cccc(CN2CCCC2CC(O)c2ccccc2)c1. The van der Waals surface area contributed by atoms with Crippen LogP contribution in [0, 0.1) is 0 Å². The summed E-state index contributed by atoms with van der Waals surface area (Å²) in [6.45, 7) is 3.42. The van der Waals surface area contributed by atoms with E-state index in [1.54, 1.807) is 0 Å². The number of hydrogen-bond donors (Lipinski definition) is 2. The summed E-state index contributed by atoms with van der Waals surface area (Å²) in [6, 6.07) is 18.3. The van der Waals surface area contributed by atoms with Crippen LogP contribution >= 0.6 is 0 Å². The zero-order chi connectivity index (χ0) is 17.6. The molecule has 2 aromatic carbocycles. The molecule has 1 fully saturated rings. The van der Waals surface area contributed by atoms with Crippen LogP contribution in [0.25, 0.3) is 0 Å². The Hall–Kier alpha value is -2.17. The normalized spacial score (nSPS) is 18.9. The van der Waals surface area contributed by atoms with Gasteiger partial charge < -0.3 is 10.4 Å². The number of aliphatic hydroxyl groups is 1. The van der Waals surface area contributed by atoms with Gasteiger partial charge in [-0.3, -0.25) is 9.69 Å². The van der Waals surface area contributed by atoms with Crippen LogP contribution in [-0.4, -0.2) is 28.5 Å². The maximum atomic E-state index is 11.2. The van der Waals surface area contributed by atoms with Crippen LogP contribution in [0.2, 0.25) is 0 Å². The van der Waals surface area contributed by atoms with Gasteiger partial charge in [0.25, 0.3) is 0 Å². The summed E-state index contributed by atoms with van der Waals surface area (Å²) in [6.07, 6.45) is 2.62. The molecule has 0 spiro atoms. The highest BCUT2D eigenvalue weighted by Gasteiger charge is 2.27. The second kappa shape index (κ2) is 8.28. The van der Waals surface area contributed by atoms with Crippen LogP contribution in [0.3, 0.4) is 0 Å². The molecule has 132 valence electrons. The molecule has 0 aliphatic carbocycles. The molecule has 4 nitrogen and oxygen atoms in total. The highest BCUT2D eigenvalue weighted by atomic mass is 16.3. The van der Waals surface area contributed by atoms with Crippen molar-refractivity contribution in [3.8, 4) is 0 Å². The number of carbonyl (C=O) groups excluding carboxylic acids is 1. The third kappa shape index (κ3) is 4.91. The number of nitrogens with one attached hydrogen (secondary N) is 1. The van der Waals surface area contributed by atoms with Crippen molar-refractivity contribution < 1.29 is 9.90 Å². The van der Waals surface area contributed by atoms with E-state index in [-0.39, 0.29) is 5.91 Å². The molecule has 2 N–H and O–H groups in total. The summed E-state index contributed by atoms with van der Waals surface area (Å²) in [4.78, 5) is 13.7. The first-order valence-corrected chi connectivity index (χ1v) is 8.95. The number of nitrogens with zero attached hydrogens (tertiary/aromatic N) is 1. The zero-order valence-corrected chi connectivity index (χ0v) is 14.7. The lowest BCUT2D eigenvalue weighted by atomic mass is 10.0. The third-order valence-electron chi connectivity index (χ3n) is 4.81. The van der Waals surface area contributed by atoms with Crippen LogP contribution in [0.4, 0.5) is 5.69 Å². The van der Waals surface area contributed by atoms with E-state index in [4.69, 9.17) is 0 Å². The maximum absolute atomic E-state index is 11.2. The van der Waals surface area contributed by atoms with Crippen molar-refractivity contribution in [3.05, 3.63) is 65.7 Å². The number of aliphatic hydroxyl groups excluding tert-OH is 1. The van der Waals surface area contributed by atoms with Gasteiger partial charge in [0.1, 0.15) is 0 Å². The summed E-state index contributed by atoms with van der Waals surface area (Å²) in [5.41, 5.74) is 3.01. The Balaban J connectivity index is 1.63. The first-order chi connectivity index (χ1) is 12.1. The Morgan fingerprint density at radius 1 is 1.24 bits per heavy atom. The molecule has 1 amide bonds. The number of anilines is 1. The number of amides is 1. The van der Waals surface area contributed by atoms with E-state index in [0.29, 0.717) is 6.04 Å². The second-order valence-electron chi connectivity index (χ2n) is 6.81. The Morgan fingerprint density at radius 3 is 2.80 bits per heavy atom. The molecule has 2 atom stereocenters. The van der Waals surface area contributed by atoms with Gasteiger partial charge in [0, 0.05) is 25.2 Å². The predicted octanol–water partition coefficient (Wildman–Crippen LogP) is 3.73. The molecule has 3 rings (SSSR count). The van der Waals surface area contributed by atoms with Gasteiger partial charge in [0.15, 0.2) is 0 Å². The smallest absolute Gasteiger partial charge is 0.221 e. The number of likely N-dealkylation sites (tertiary alicyclic amines) is 1. The maximum Gasteiger partial charge on any atom is 0.221 e. The topological polar surface area (TPSA) is 52.6 Å². The lowest BCUT2D eigenvalue weighted by Gasteiger charge is -2.26. The Labute approximate surface area is 149 Å². The fourth-order valence-electron chi connectivity index (χ4n) is 3.62. The summed E-state index contributed by atoms with van der Waals surface area (Å²) < 4.78 is 0. The van der Waals surface area contributed by atoms with Crippen LogP contribution in [-0.2, 0) is 11.3 Å². The van der Waals surface area contributed by atoms with Gasteiger partial charge in [0.2, 0.25) is 5.91 Å². The van der Waals surface area contributed by atoms with Crippen LogP contribution in [0.5, 0.6) is 0 Å². The summed E-state index contributed by atoms with van der Waals surface area (Å²) in [7, 11) is 0. The van der Waals surface area contributed by atoms with Crippen molar-refractivity contribution in [1.82, 2.24) is 4.90 Å². The van der Waals surface area contributed by atoms with Crippen LogP contribution in [0.1, 0.15) is 43.4 Å². The van der Waals surface area contributed by atoms with Crippen molar-refractivity contribution in [2.24, 2.45) is 0 Å². The van der Waals surface area contributed by atoms with Gasteiger partial charge >= 0.3 is 0 Å².